The van der Waals surface area contributed by atoms with Gasteiger partial charge >= 0.3 is 0 Å². The number of aliphatic imine (C=N–C) groups is 2. The summed E-state index contributed by atoms with van der Waals surface area (Å²) < 4.78 is 0. The summed E-state index contributed by atoms with van der Waals surface area (Å²) in [4.78, 5) is 14.3. The third-order valence-electron chi connectivity index (χ3n) is 3.94. The van der Waals surface area contributed by atoms with Crippen LogP contribution < -0.4 is 11.5 Å². The lowest BCUT2D eigenvalue weighted by Crippen LogP contribution is -2.56. The van der Waals surface area contributed by atoms with Crippen LogP contribution in [0.1, 0.15) is 38.7 Å². The molecule has 4 N–H and O–H groups in total. The molecule has 2 rings (SSSR count). The Kier molecular flexibility index (Phi) is 5.38. The molecule has 120 valence electrons. The maximum atomic E-state index is 5.98. The minimum atomic E-state index is -0.553. The quantitative estimate of drug-likeness (QED) is 0.754. The van der Waals surface area contributed by atoms with Gasteiger partial charge in [0.1, 0.15) is 0 Å². The van der Waals surface area contributed by atoms with E-state index in [1.165, 1.54) is 5.56 Å². The molecule has 0 radical (unpaired) electrons. The van der Waals surface area contributed by atoms with Gasteiger partial charge in [-0.2, -0.15) is 10.1 Å². The van der Waals surface area contributed by atoms with E-state index in [1.54, 1.807) is 5.06 Å². The molecule has 0 spiro atoms. The molecule has 1 aliphatic heterocycles. The van der Waals surface area contributed by atoms with E-state index in [1.807, 2.05) is 32.0 Å². The van der Waals surface area contributed by atoms with E-state index in [4.69, 9.17) is 16.3 Å². The third kappa shape index (κ3) is 3.57. The second-order valence-electron chi connectivity index (χ2n) is 5.35. The molecule has 0 fully saturated rings. The molecule has 0 bridgehead atoms. The van der Waals surface area contributed by atoms with Crippen molar-refractivity contribution in [2.75, 3.05) is 6.61 Å². The monoisotopic (exact) mass is 303 g/mol. The molecule has 1 aromatic rings. The molecule has 6 heteroatoms. The van der Waals surface area contributed by atoms with Crippen molar-refractivity contribution in [2.45, 2.75) is 45.2 Å². The molecule has 0 amide bonds. The van der Waals surface area contributed by atoms with Gasteiger partial charge in [-0.1, -0.05) is 44.2 Å². The SMILES string of the molecule is CCC1(CC)N=C(N)N=C(N)N1OCCCc1ccccc1. The van der Waals surface area contributed by atoms with Gasteiger partial charge < -0.3 is 11.5 Å². The Hall–Kier alpha value is -2.08. The van der Waals surface area contributed by atoms with Crippen LogP contribution in [0.15, 0.2) is 40.3 Å². The molecule has 0 aromatic heterocycles. The van der Waals surface area contributed by atoms with E-state index in [0.717, 1.165) is 25.7 Å². The van der Waals surface area contributed by atoms with Crippen LogP contribution in [0, 0.1) is 0 Å². The Morgan fingerprint density at radius 3 is 2.45 bits per heavy atom. The van der Waals surface area contributed by atoms with Gasteiger partial charge in [0, 0.05) is 0 Å². The first-order valence-corrected chi connectivity index (χ1v) is 7.78. The van der Waals surface area contributed by atoms with Crippen molar-refractivity contribution in [3.63, 3.8) is 0 Å². The first kappa shape index (κ1) is 16.3. The van der Waals surface area contributed by atoms with E-state index >= 15 is 0 Å². The second-order valence-corrected chi connectivity index (χ2v) is 5.35. The molecule has 0 aliphatic carbocycles. The van der Waals surface area contributed by atoms with Gasteiger partial charge in [0.15, 0.2) is 5.66 Å². The van der Waals surface area contributed by atoms with Gasteiger partial charge in [0.05, 0.1) is 6.61 Å². The van der Waals surface area contributed by atoms with Crippen molar-refractivity contribution >= 4 is 11.9 Å². The van der Waals surface area contributed by atoms with E-state index in [0.29, 0.717) is 6.61 Å². The lowest BCUT2D eigenvalue weighted by atomic mass is 10.0. The summed E-state index contributed by atoms with van der Waals surface area (Å²) in [7, 11) is 0. The van der Waals surface area contributed by atoms with Gasteiger partial charge in [-0.05, 0) is 31.2 Å². The van der Waals surface area contributed by atoms with Crippen LogP contribution in [0.25, 0.3) is 0 Å². The number of hydrogen-bond donors (Lipinski definition) is 2. The van der Waals surface area contributed by atoms with Crippen molar-refractivity contribution in [2.24, 2.45) is 21.5 Å². The molecule has 0 saturated heterocycles. The van der Waals surface area contributed by atoms with Crippen LogP contribution in [0.5, 0.6) is 0 Å². The number of hydrogen-bond acceptors (Lipinski definition) is 6. The standard InChI is InChI=1S/C16H25N5O/c1-3-16(4-2)20-14(17)19-15(18)21(16)22-12-8-11-13-9-6-5-7-10-13/h5-7,9-10H,3-4,8,11-12H2,1-2H3,(H4,17,18,19,20). The van der Waals surface area contributed by atoms with Crippen LogP contribution >= 0.6 is 0 Å². The summed E-state index contributed by atoms with van der Waals surface area (Å²) in [6.45, 7) is 4.64. The minimum absolute atomic E-state index is 0.213. The predicted molar refractivity (Wildman–Crippen MR) is 89.1 cm³/mol. The van der Waals surface area contributed by atoms with Gasteiger partial charge in [-0.15, -0.1) is 0 Å². The van der Waals surface area contributed by atoms with Crippen LogP contribution in [-0.4, -0.2) is 29.3 Å². The maximum Gasteiger partial charge on any atom is 0.226 e. The van der Waals surface area contributed by atoms with Crippen molar-refractivity contribution in [3.05, 3.63) is 35.9 Å². The smallest absolute Gasteiger partial charge is 0.226 e. The largest absolute Gasteiger partial charge is 0.368 e. The normalized spacial score (nSPS) is 17.1. The summed E-state index contributed by atoms with van der Waals surface area (Å²) in [5.41, 5.74) is 12.5. The Labute approximate surface area is 131 Å². The molecule has 0 unspecified atom stereocenters. The average molecular weight is 303 g/mol. The topological polar surface area (TPSA) is 89.2 Å². The second kappa shape index (κ2) is 7.26. The summed E-state index contributed by atoms with van der Waals surface area (Å²) in [5, 5.41) is 1.62. The lowest BCUT2D eigenvalue weighted by molar-refractivity contribution is -0.170. The Morgan fingerprint density at radius 2 is 1.82 bits per heavy atom. The molecular weight excluding hydrogens is 278 g/mol. The summed E-state index contributed by atoms with van der Waals surface area (Å²) in [5.74, 6) is 0.487. The zero-order chi connectivity index (χ0) is 16.0. The van der Waals surface area contributed by atoms with Gasteiger partial charge in [-0.3, -0.25) is 4.84 Å². The van der Waals surface area contributed by atoms with Crippen LogP contribution in [0.3, 0.4) is 0 Å². The number of nitrogens with two attached hydrogens (primary N) is 2. The molecule has 22 heavy (non-hydrogen) atoms. The summed E-state index contributed by atoms with van der Waals surface area (Å²) in [6.07, 6.45) is 3.36. The van der Waals surface area contributed by atoms with Crippen LogP contribution in [-0.2, 0) is 11.3 Å². The van der Waals surface area contributed by atoms with Gasteiger partial charge in [-0.25, -0.2) is 4.99 Å². The van der Waals surface area contributed by atoms with E-state index < -0.39 is 5.66 Å². The number of nitrogens with zero attached hydrogens (tertiary/aromatic N) is 3. The van der Waals surface area contributed by atoms with E-state index in [2.05, 4.69) is 22.1 Å². The highest BCUT2D eigenvalue weighted by Crippen LogP contribution is 2.28. The van der Waals surface area contributed by atoms with E-state index in [-0.39, 0.29) is 11.9 Å². The fourth-order valence-corrected chi connectivity index (χ4v) is 2.62. The maximum absolute atomic E-state index is 5.98. The van der Waals surface area contributed by atoms with Crippen LogP contribution in [0.4, 0.5) is 0 Å². The number of guanidine groups is 2. The third-order valence-corrected chi connectivity index (χ3v) is 3.94. The number of hydroxylamine groups is 2. The average Bonchev–Trinajstić information content (AvgIpc) is 2.53. The van der Waals surface area contributed by atoms with Crippen molar-refractivity contribution < 1.29 is 4.84 Å². The van der Waals surface area contributed by atoms with Crippen LogP contribution in [0.2, 0.25) is 0 Å². The number of benzene rings is 1. The summed E-state index contributed by atoms with van der Waals surface area (Å²) >= 11 is 0. The highest BCUT2D eigenvalue weighted by molar-refractivity contribution is 5.95. The highest BCUT2D eigenvalue weighted by Gasteiger charge is 2.39. The van der Waals surface area contributed by atoms with Gasteiger partial charge in [0.25, 0.3) is 0 Å². The highest BCUT2D eigenvalue weighted by atomic mass is 16.7. The number of rotatable bonds is 7. The molecule has 0 saturated carbocycles. The fourth-order valence-electron chi connectivity index (χ4n) is 2.62. The molecule has 6 nitrogen and oxygen atoms in total. The zero-order valence-corrected chi connectivity index (χ0v) is 13.3. The molecule has 1 heterocycles. The van der Waals surface area contributed by atoms with E-state index in [9.17, 15) is 0 Å². The minimum Gasteiger partial charge on any atom is -0.368 e. The van der Waals surface area contributed by atoms with Crippen molar-refractivity contribution in [1.82, 2.24) is 5.06 Å². The first-order valence-electron chi connectivity index (χ1n) is 7.78. The fraction of sp³-hybridized carbons (Fsp3) is 0.500. The number of aryl methyl sites for hydroxylation is 1. The molecule has 0 atom stereocenters. The first-order chi connectivity index (χ1) is 10.6. The Morgan fingerprint density at radius 1 is 1.14 bits per heavy atom. The van der Waals surface area contributed by atoms with Crippen molar-refractivity contribution in [1.29, 1.82) is 0 Å². The Balaban J connectivity index is 1.94. The molecule has 1 aliphatic rings. The lowest BCUT2D eigenvalue weighted by Gasteiger charge is -2.40. The molecular formula is C16H25N5O. The predicted octanol–water partition coefficient (Wildman–Crippen LogP) is 2.01. The van der Waals surface area contributed by atoms with Crippen molar-refractivity contribution in [3.8, 4) is 0 Å². The van der Waals surface area contributed by atoms with Gasteiger partial charge in [0.2, 0.25) is 11.9 Å². The Bertz CT molecular complexity index is 537. The zero-order valence-electron chi connectivity index (χ0n) is 13.3. The molecule has 1 aromatic carbocycles. The summed E-state index contributed by atoms with van der Waals surface area (Å²) in [6, 6.07) is 10.3.